The van der Waals surface area contributed by atoms with Gasteiger partial charge in [0, 0.05) is 27.7 Å². The zero-order chi connectivity index (χ0) is 12.3. The zero-order valence-corrected chi connectivity index (χ0v) is 11.6. The summed E-state index contributed by atoms with van der Waals surface area (Å²) < 4.78 is 1.04. The van der Waals surface area contributed by atoms with Crippen LogP contribution in [0.1, 0.15) is 17.7 Å². The fraction of sp³-hybridized carbons (Fsp3) is 0.455. The molecule has 0 saturated carbocycles. The standard InChI is InChI=1S/C11H13BrN2O2S/c12-8-3-9(17-6-8)5-14-11(16)7-1-2-10(15)13-4-7/h3,6-7H,1-2,4-5H2,(H,13,15)(H,14,16). The molecule has 92 valence electrons. The highest BCUT2D eigenvalue weighted by atomic mass is 79.9. The Bertz CT molecular complexity index is 423. The molecule has 17 heavy (non-hydrogen) atoms. The predicted octanol–water partition coefficient (Wildman–Crippen LogP) is 1.65. The van der Waals surface area contributed by atoms with Crippen LogP contribution in [0, 0.1) is 5.92 Å². The number of nitrogens with one attached hydrogen (secondary N) is 2. The maximum atomic E-state index is 11.8. The number of hydrogen-bond acceptors (Lipinski definition) is 3. The molecule has 0 bridgehead atoms. The fourth-order valence-electron chi connectivity index (χ4n) is 1.72. The third-order valence-electron chi connectivity index (χ3n) is 2.69. The zero-order valence-electron chi connectivity index (χ0n) is 9.16. The number of thiophene rings is 1. The van der Waals surface area contributed by atoms with Gasteiger partial charge in [-0.15, -0.1) is 11.3 Å². The second-order valence-electron chi connectivity index (χ2n) is 3.99. The Morgan fingerprint density at radius 3 is 3.06 bits per heavy atom. The van der Waals surface area contributed by atoms with Crippen molar-refractivity contribution in [3.8, 4) is 0 Å². The maximum Gasteiger partial charge on any atom is 0.225 e. The van der Waals surface area contributed by atoms with Gasteiger partial charge in [0.15, 0.2) is 0 Å². The molecule has 6 heteroatoms. The largest absolute Gasteiger partial charge is 0.355 e. The second kappa shape index (κ2) is 5.64. The highest BCUT2D eigenvalue weighted by molar-refractivity contribution is 9.10. The number of carbonyl (C=O) groups excluding carboxylic acids is 2. The number of piperidine rings is 1. The van der Waals surface area contributed by atoms with Crippen molar-refractivity contribution in [1.29, 1.82) is 0 Å². The summed E-state index contributed by atoms with van der Waals surface area (Å²) in [7, 11) is 0. The van der Waals surface area contributed by atoms with Crippen LogP contribution in [0.25, 0.3) is 0 Å². The summed E-state index contributed by atoms with van der Waals surface area (Å²) in [5.74, 6) is -0.0261. The SMILES string of the molecule is O=C1CCC(C(=O)NCc2cc(Br)cs2)CN1. The summed E-state index contributed by atoms with van der Waals surface area (Å²) in [5.41, 5.74) is 0. The van der Waals surface area contributed by atoms with E-state index in [9.17, 15) is 9.59 Å². The Labute approximate surface area is 112 Å². The van der Waals surface area contributed by atoms with Crippen molar-refractivity contribution < 1.29 is 9.59 Å². The smallest absolute Gasteiger partial charge is 0.225 e. The van der Waals surface area contributed by atoms with Gasteiger partial charge in [-0.25, -0.2) is 0 Å². The minimum Gasteiger partial charge on any atom is -0.355 e. The van der Waals surface area contributed by atoms with Gasteiger partial charge in [-0.3, -0.25) is 9.59 Å². The molecule has 0 aliphatic carbocycles. The molecule has 4 nitrogen and oxygen atoms in total. The van der Waals surface area contributed by atoms with Crippen LogP contribution in [0.4, 0.5) is 0 Å². The first-order chi connectivity index (χ1) is 8.15. The molecule has 1 aliphatic rings. The highest BCUT2D eigenvalue weighted by Crippen LogP contribution is 2.19. The van der Waals surface area contributed by atoms with Crippen LogP contribution in [0.3, 0.4) is 0 Å². The van der Waals surface area contributed by atoms with Crippen molar-refractivity contribution in [3.05, 3.63) is 20.8 Å². The van der Waals surface area contributed by atoms with Crippen molar-refractivity contribution in [1.82, 2.24) is 10.6 Å². The van der Waals surface area contributed by atoms with Crippen molar-refractivity contribution in [2.24, 2.45) is 5.92 Å². The first-order valence-corrected chi connectivity index (χ1v) is 7.10. The van der Waals surface area contributed by atoms with E-state index in [1.165, 1.54) is 0 Å². The fourth-order valence-corrected chi connectivity index (χ4v) is 3.11. The normalized spacial score (nSPS) is 19.8. The lowest BCUT2D eigenvalue weighted by atomic mass is 9.98. The topological polar surface area (TPSA) is 58.2 Å². The molecule has 0 spiro atoms. The van der Waals surface area contributed by atoms with Gasteiger partial charge in [-0.05, 0) is 28.4 Å². The highest BCUT2D eigenvalue weighted by Gasteiger charge is 2.24. The van der Waals surface area contributed by atoms with E-state index in [0.29, 0.717) is 25.9 Å². The van der Waals surface area contributed by atoms with Gasteiger partial charge in [0.25, 0.3) is 0 Å². The molecule has 1 aromatic rings. The quantitative estimate of drug-likeness (QED) is 0.891. The predicted molar refractivity (Wildman–Crippen MR) is 69.6 cm³/mol. The van der Waals surface area contributed by atoms with Gasteiger partial charge in [0.2, 0.25) is 11.8 Å². The second-order valence-corrected chi connectivity index (χ2v) is 5.90. The molecule has 1 fully saturated rings. The van der Waals surface area contributed by atoms with Gasteiger partial charge in [0.05, 0.1) is 12.5 Å². The van der Waals surface area contributed by atoms with E-state index in [1.807, 2.05) is 11.4 Å². The Hall–Kier alpha value is -0.880. The van der Waals surface area contributed by atoms with Gasteiger partial charge < -0.3 is 10.6 Å². The van der Waals surface area contributed by atoms with E-state index in [2.05, 4.69) is 26.6 Å². The molecule has 1 unspecified atom stereocenters. The molecule has 0 radical (unpaired) electrons. The molecule has 2 heterocycles. The van der Waals surface area contributed by atoms with Gasteiger partial charge in [-0.1, -0.05) is 0 Å². The molecule has 1 aliphatic heterocycles. The van der Waals surface area contributed by atoms with E-state index in [-0.39, 0.29) is 17.7 Å². The molecule has 1 aromatic heterocycles. The number of amides is 2. The Morgan fingerprint density at radius 2 is 2.47 bits per heavy atom. The van der Waals surface area contributed by atoms with Gasteiger partial charge in [-0.2, -0.15) is 0 Å². The summed E-state index contributed by atoms with van der Waals surface area (Å²) in [6.07, 6.45) is 1.09. The number of hydrogen-bond donors (Lipinski definition) is 2. The first-order valence-electron chi connectivity index (χ1n) is 5.42. The van der Waals surface area contributed by atoms with Crippen LogP contribution < -0.4 is 10.6 Å². The lowest BCUT2D eigenvalue weighted by Gasteiger charge is -2.21. The molecule has 1 saturated heterocycles. The molecular weight excluding hydrogens is 304 g/mol. The van der Waals surface area contributed by atoms with E-state index in [1.54, 1.807) is 11.3 Å². The van der Waals surface area contributed by atoms with Crippen LogP contribution in [0.15, 0.2) is 15.9 Å². The summed E-state index contributed by atoms with van der Waals surface area (Å²) in [6, 6.07) is 1.99. The minimum absolute atomic E-state index is 0.0227. The van der Waals surface area contributed by atoms with E-state index < -0.39 is 0 Å². The Balaban J connectivity index is 1.79. The van der Waals surface area contributed by atoms with Crippen LogP contribution >= 0.6 is 27.3 Å². The maximum absolute atomic E-state index is 11.8. The van der Waals surface area contributed by atoms with Crippen LogP contribution in [-0.4, -0.2) is 18.4 Å². The average Bonchev–Trinajstić information content (AvgIpc) is 2.73. The molecule has 2 N–H and O–H groups in total. The Kier molecular flexibility index (Phi) is 4.17. The van der Waals surface area contributed by atoms with Crippen molar-refractivity contribution in [3.63, 3.8) is 0 Å². The average molecular weight is 317 g/mol. The first kappa shape index (κ1) is 12.6. The minimum atomic E-state index is -0.0869. The lowest BCUT2D eigenvalue weighted by Crippen LogP contribution is -2.42. The molecular formula is C11H13BrN2O2S. The number of rotatable bonds is 3. The number of carbonyl (C=O) groups is 2. The third-order valence-corrected chi connectivity index (χ3v) is 4.39. The monoisotopic (exact) mass is 316 g/mol. The van der Waals surface area contributed by atoms with Crippen LogP contribution in [-0.2, 0) is 16.1 Å². The van der Waals surface area contributed by atoms with Crippen molar-refractivity contribution in [2.45, 2.75) is 19.4 Å². The Morgan fingerprint density at radius 1 is 1.65 bits per heavy atom. The summed E-state index contributed by atoms with van der Waals surface area (Å²) in [4.78, 5) is 23.9. The van der Waals surface area contributed by atoms with E-state index >= 15 is 0 Å². The molecule has 1 atom stereocenters. The van der Waals surface area contributed by atoms with Crippen LogP contribution in [0.5, 0.6) is 0 Å². The van der Waals surface area contributed by atoms with E-state index in [4.69, 9.17) is 0 Å². The van der Waals surface area contributed by atoms with Crippen LogP contribution in [0.2, 0.25) is 0 Å². The molecule has 2 amide bonds. The van der Waals surface area contributed by atoms with Gasteiger partial charge >= 0.3 is 0 Å². The molecule has 2 rings (SSSR count). The third kappa shape index (κ3) is 3.54. The van der Waals surface area contributed by atoms with E-state index in [0.717, 1.165) is 9.35 Å². The van der Waals surface area contributed by atoms with Crippen molar-refractivity contribution >= 4 is 39.1 Å². The number of halogens is 1. The molecule has 0 aromatic carbocycles. The summed E-state index contributed by atoms with van der Waals surface area (Å²) in [5, 5.41) is 7.60. The van der Waals surface area contributed by atoms with Gasteiger partial charge in [0.1, 0.15) is 0 Å². The summed E-state index contributed by atoms with van der Waals surface area (Å²) in [6.45, 7) is 1.01. The van der Waals surface area contributed by atoms with Crippen molar-refractivity contribution in [2.75, 3.05) is 6.54 Å². The summed E-state index contributed by atoms with van der Waals surface area (Å²) >= 11 is 4.98. The lowest BCUT2D eigenvalue weighted by molar-refractivity contribution is -0.129.